The molecule has 4 heteroatoms. The van der Waals surface area contributed by atoms with E-state index < -0.39 is 5.97 Å². The Balaban J connectivity index is 2.08. The topological polar surface area (TPSA) is 62.5 Å². The van der Waals surface area contributed by atoms with Gasteiger partial charge in [-0.3, -0.25) is 0 Å². The van der Waals surface area contributed by atoms with E-state index in [0.717, 1.165) is 5.69 Å². The zero-order chi connectivity index (χ0) is 14.0. The summed E-state index contributed by atoms with van der Waals surface area (Å²) in [4.78, 5) is 10.9. The first-order valence-electron chi connectivity index (χ1n) is 6.11. The minimum absolute atomic E-state index is 0.219. The fourth-order valence-corrected chi connectivity index (χ4v) is 1.88. The van der Waals surface area contributed by atoms with Gasteiger partial charge < -0.3 is 14.8 Å². The van der Waals surface area contributed by atoms with E-state index >= 15 is 0 Å². The summed E-state index contributed by atoms with van der Waals surface area (Å²) in [5, 5.41) is 12.2. The lowest BCUT2D eigenvalue weighted by molar-refractivity contribution is 0.0695. The van der Waals surface area contributed by atoms with Crippen LogP contribution < -0.4 is 5.32 Å². The van der Waals surface area contributed by atoms with Gasteiger partial charge in [0.05, 0.1) is 6.54 Å². The number of aromatic carboxylic acids is 1. The summed E-state index contributed by atoms with van der Waals surface area (Å²) in [6.45, 7) is 6.24. The molecular formula is C15H17NO3. The molecule has 0 spiro atoms. The lowest BCUT2D eigenvalue weighted by atomic mass is 10.1. The zero-order valence-corrected chi connectivity index (χ0v) is 11.3. The maximum Gasteiger partial charge on any atom is 0.339 e. The summed E-state index contributed by atoms with van der Waals surface area (Å²) in [5.74, 6) is 0.0937. The molecule has 1 heterocycles. The van der Waals surface area contributed by atoms with E-state index in [-0.39, 0.29) is 5.56 Å². The van der Waals surface area contributed by atoms with Gasteiger partial charge in [-0.15, -0.1) is 0 Å². The maximum absolute atomic E-state index is 10.9. The van der Waals surface area contributed by atoms with Crippen LogP contribution in [-0.4, -0.2) is 11.1 Å². The van der Waals surface area contributed by atoms with Crippen molar-refractivity contribution in [2.24, 2.45) is 0 Å². The average molecular weight is 259 g/mol. The summed E-state index contributed by atoms with van der Waals surface area (Å²) < 4.78 is 5.41. The summed E-state index contributed by atoms with van der Waals surface area (Å²) in [6.07, 6.45) is 0. The van der Waals surface area contributed by atoms with E-state index in [1.54, 1.807) is 13.0 Å². The van der Waals surface area contributed by atoms with Crippen molar-refractivity contribution in [1.29, 1.82) is 0 Å². The number of aryl methyl sites for hydroxylation is 3. The van der Waals surface area contributed by atoms with E-state index in [9.17, 15) is 4.79 Å². The van der Waals surface area contributed by atoms with Crippen molar-refractivity contribution in [2.75, 3.05) is 5.32 Å². The first-order valence-corrected chi connectivity index (χ1v) is 6.11. The Morgan fingerprint density at radius 2 is 1.95 bits per heavy atom. The number of hydrogen-bond acceptors (Lipinski definition) is 3. The number of carboxylic acid groups (broad SMARTS) is 1. The zero-order valence-electron chi connectivity index (χ0n) is 11.3. The number of anilines is 1. The minimum atomic E-state index is -0.960. The quantitative estimate of drug-likeness (QED) is 0.881. The number of benzene rings is 1. The van der Waals surface area contributed by atoms with Gasteiger partial charge in [0.1, 0.15) is 17.1 Å². The molecule has 2 aromatic rings. The molecular weight excluding hydrogens is 242 g/mol. The monoisotopic (exact) mass is 259 g/mol. The Hall–Kier alpha value is -2.23. The molecule has 0 amide bonds. The van der Waals surface area contributed by atoms with Gasteiger partial charge >= 0.3 is 5.97 Å². The smallest absolute Gasteiger partial charge is 0.339 e. The molecule has 0 aliphatic heterocycles. The molecule has 0 saturated carbocycles. The van der Waals surface area contributed by atoms with Crippen molar-refractivity contribution in [3.8, 4) is 0 Å². The standard InChI is InChI=1S/C15H17NO3/c1-9-4-5-12(6-10(9)2)16-8-13-7-14(15(17)18)11(3)19-13/h4-7,16H,8H2,1-3H3,(H,17,18). The van der Waals surface area contributed by atoms with Crippen molar-refractivity contribution < 1.29 is 14.3 Å². The van der Waals surface area contributed by atoms with Crippen LogP contribution in [0.5, 0.6) is 0 Å². The van der Waals surface area contributed by atoms with E-state index in [4.69, 9.17) is 9.52 Å². The van der Waals surface area contributed by atoms with Gasteiger partial charge in [-0.05, 0) is 50.1 Å². The number of carbonyl (C=O) groups is 1. The fourth-order valence-electron chi connectivity index (χ4n) is 1.88. The summed E-state index contributed by atoms with van der Waals surface area (Å²) in [5.41, 5.74) is 3.67. The molecule has 0 aliphatic carbocycles. The van der Waals surface area contributed by atoms with Crippen LogP contribution in [0.2, 0.25) is 0 Å². The molecule has 0 unspecified atom stereocenters. The highest BCUT2D eigenvalue weighted by molar-refractivity contribution is 5.88. The predicted octanol–water partition coefficient (Wildman–Crippen LogP) is 3.52. The van der Waals surface area contributed by atoms with Gasteiger partial charge in [0.25, 0.3) is 0 Å². The van der Waals surface area contributed by atoms with Crippen LogP contribution in [-0.2, 0) is 6.54 Å². The molecule has 100 valence electrons. The first-order chi connectivity index (χ1) is 8.97. The number of rotatable bonds is 4. The van der Waals surface area contributed by atoms with Gasteiger partial charge in [-0.2, -0.15) is 0 Å². The van der Waals surface area contributed by atoms with Crippen LogP contribution in [0.25, 0.3) is 0 Å². The van der Waals surface area contributed by atoms with Crippen molar-refractivity contribution in [3.63, 3.8) is 0 Å². The van der Waals surface area contributed by atoms with E-state index in [2.05, 4.69) is 25.2 Å². The largest absolute Gasteiger partial charge is 0.478 e. The molecule has 0 bridgehead atoms. The fraction of sp³-hybridized carbons (Fsp3) is 0.267. The lowest BCUT2D eigenvalue weighted by Crippen LogP contribution is -1.99. The summed E-state index contributed by atoms with van der Waals surface area (Å²) in [7, 11) is 0. The Morgan fingerprint density at radius 3 is 2.53 bits per heavy atom. The molecule has 0 aliphatic rings. The molecule has 1 aromatic heterocycles. The van der Waals surface area contributed by atoms with E-state index in [0.29, 0.717) is 18.1 Å². The molecule has 2 rings (SSSR count). The minimum Gasteiger partial charge on any atom is -0.478 e. The third kappa shape index (κ3) is 2.96. The van der Waals surface area contributed by atoms with Crippen molar-refractivity contribution in [2.45, 2.75) is 27.3 Å². The van der Waals surface area contributed by atoms with Gasteiger partial charge in [0.15, 0.2) is 0 Å². The maximum atomic E-state index is 10.9. The Kier molecular flexibility index (Phi) is 3.60. The number of hydrogen-bond donors (Lipinski definition) is 2. The second kappa shape index (κ2) is 5.18. The van der Waals surface area contributed by atoms with Crippen molar-refractivity contribution in [3.05, 3.63) is 52.5 Å². The normalized spacial score (nSPS) is 10.5. The molecule has 4 nitrogen and oxygen atoms in total. The van der Waals surface area contributed by atoms with Crippen LogP contribution in [0.3, 0.4) is 0 Å². The van der Waals surface area contributed by atoms with Gasteiger partial charge in [0, 0.05) is 5.69 Å². The molecule has 0 radical (unpaired) electrons. The molecule has 2 N–H and O–H groups in total. The van der Waals surface area contributed by atoms with Crippen LogP contribution >= 0.6 is 0 Å². The van der Waals surface area contributed by atoms with Gasteiger partial charge in [-0.25, -0.2) is 4.79 Å². The van der Waals surface area contributed by atoms with Crippen LogP contribution in [0, 0.1) is 20.8 Å². The molecule has 19 heavy (non-hydrogen) atoms. The van der Waals surface area contributed by atoms with E-state index in [1.165, 1.54) is 11.1 Å². The highest BCUT2D eigenvalue weighted by atomic mass is 16.4. The number of furan rings is 1. The van der Waals surface area contributed by atoms with Gasteiger partial charge in [-0.1, -0.05) is 6.07 Å². The average Bonchev–Trinajstić information content (AvgIpc) is 2.72. The second-order valence-electron chi connectivity index (χ2n) is 4.64. The number of carboxylic acids is 1. The molecule has 0 saturated heterocycles. The van der Waals surface area contributed by atoms with Gasteiger partial charge in [0.2, 0.25) is 0 Å². The van der Waals surface area contributed by atoms with Crippen molar-refractivity contribution in [1.82, 2.24) is 0 Å². The second-order valence-corrected chi connectivity index (χ2v) is 4.64. The third-order valence-corrected chi connectivity index (χ3v) is 3.17. The Morgan fingerprint density at radius 1 is 1.21 bits per heavy atom. The Labute approximate surface area is 112 Å². The highest BCUT2D eigenvalue weighted by Crippen LogP contribution is 2.18. The van der Waals surface area contributed by atoms with E-state index in [1.807, 2.05) is 12.1 Å². The van der Waals surface area contributed by atoms with Crippen molar-refractivity contribution >= 4 is 11.7 Å². The van der Waals surface area contributed by atoms with Crippen LogP contribution in [0.4, 0.5) is 5.69 Å². The summed E-state index contributed by atoms with van der Waals surface area (Å²) >= 11 is 0. The highest BCUT2D eigenvalue weighted by Gasteiger charge is 2.13. The third-order valence-electron chi connectivity index (χ3n) is 3.17. The molecule has 0 atom stereocenters. The molecule has 1 aromatic carbocycles. The van der Waals surface area contributed by atoms with Crippen LogP contribution in [0.1, 0.15) is 33.0 Å². The summed E-state index contributed by atoms with van der Waals surface area (Å²) in [6, 6.07) is 7.67. The lowest BCUT2D eigenvalue weighted by Gasteiger charge is -2.07. The van der Waals surface area contributed by atoms with Crippen LogP contribution in [0.15, 0.2) is 28.7 Å². The predicted molar refractivity (Wildman–Crippen MR) is 73.6 cm³/mol. The SMILES string of the molecule is Cc1ccc(NCc2cc(C(=O)O)c(C)o2)cc1C. The Bertz CT molecular complexity index is 614. The number of nitrogens with one attached hydrogen (secondary N) is 1. The molecule has 0 fully saturated rings. The first kappa shape index (κ1) is 13.2.